The zero-order valence-corrected chi connectivity index (χ0v) is 18.4. The maximum absolute atomic E-state index is 13.0. The van der Waals surface area contributed by atoms with E-state index < -0.39 is 29.9 Å². The lowest BCUT2D eigenvalue weighted by Gasteiger charge is -2.24. The predicted octanol–water partition coefficient (Wildman–Crippen LogP) is 0.0432. The lowest BCUT2D eigenvalue weighted by atomic mass is 10.0. The van der Waals surface area contributed by atoms with E-state index in [2.05, 4.69) is 16.0 Å². The third-order valence-electron chi connectivity index (χ3n) is 4.33. The molecule has 9 nitrogen and oxygen atoms in total. The first-order chi connectivity index (χ1) is 14.4. The molecule has 0 saturated heterocycles. The van der Waals surface area contributed by atoms with Crippen molar-refractivity contribution in [1.82, 2.24) is 16.0 Å². The van der Waals surface area contributed by atoms with E-state index in [9.17, 15) is 14.4 Å². The summed E-state index contributed by atoms with van der Waals surface area (Å²) in [7, 11) is 1.51. The molecular weight excluding hydrogens is 406 g/mol. The van der Waals surface area contributed by atoms with E-state index >= 15 is 0 Å². The van der Waals surface area contributed by atoms with Gasteiger partial charge in [0.15, 0.2) is 0 Å². The minimum absolute atomic E-state index is 0.257. The Labute approximate surface area is 182 Å². The third-order valence-corrected chi connectivity index (χ3v) is 4.83. The van der Waals surface area contributed by atoms with Gasteiger partial charge in [0.05, 0.1) is 19.0 Å². The molecule has 3 atom stereocenters. The van der Waals surface area contributed by atoms with Crippen molar-refractivity contribution >= 4 is 29.8 Å². The Balaban J connectivity index is 2.89. The average Bonchev–Trinajstić information content (AvgIpc) is 2.73. The highest BCUT2D eigenvalue weighted by molar-refractivity contribution is 7.94. The highest BCUT2D eigenvalue weighted by Crippen LogP contribution is 2.07. The Kier molecular flexibility index (Phi) is 12.8. The first-order valence-electron chi connectivity index (χ1n) is 9.92. The van der Waals surface area contributed by atoms with E-state index in [1.165, 1.54) is 7.11 Å². The summed E-state index contributed by atoms with van der Waals surface area (Å²) < 4.78 is 4.86. The summed E-state index contributed by atoms with van der Waals surface area (Å²) >= 11 is 1.09. The molecule has 168 valence electrons. The largest absolute Gasteiger partial charge is 0.343 e. The van der Waals surface area contributed by atoms with Gasteiger partial charge in [0.25, 0.3) is 0 Å². The summed E-state index contributed by atoms with van der Waals surface area (Å²) in [5.74, 6) is -0.943. The summed E-state index contributed by atoms with van der Waals surface area (Å²) in [5.41, 5.74) is 12.1. The topological polar surface area (TPSA) is 149 Å². The minimum atomic E-state index is -0.857. The Morgan fingerprint density at radius 1 is 1.03 bits per heavy atom. The molecule has 0 saturated carbocycles. The molecule has 1 aromatic rings. The summed E-state index contributed by atoms with van der Waals surface area (Å²) in [6, 6.07) is 6.95. The minimum Gasteiger partial charge on any atom is -0.343 e. The summed E-state index contributed by atoms with van der Waals surface area (Å²) in [6.45, 7) is 2.05. The van der Waals surface area contributed by atoms with Gasteiger partial charge in [0.2, 0.25) is 17.7 Å². The summed E-state index contributed by atoms with van der Waals surface area (Å²) in [5, 5.41) is 8.16. The molecular formula is C20H33N5O4S. The highest BCUT2D eigenvalue weighted by atomic mass is 32.2. The molecule has 0 aromatic heterocycles. The first kappa shape index (κ1) is 25.9. The fourth-order valence-corrected chi connectivity index (χ4v) is 3.00. The van der Waals surface area contributed by atoms with Gasteiger partial charge in [-0.3, -0.25) is 14.4 Å². The number of rotatable bonds is 14. The van der Waals surface area contributed by atoms with Gasteiger partial charge in [0.1, 0.15) is 12.1 Å². The van der Waals surface area contributed by atoms with E-state index in [-0.39, 0.29) is 18.2 Å². The molecule has 1 aromatic carbocycles. The van der Waals surface area contributed by atoms with Gasteiger partial charge >= 0.3 is 0 Å². The lowest BCUT2D eigenvalue weighted by Crippen LogP contribution is -2.56. The van der Waals surface area contributed by atoms with Crippen molar-refractivity contribution in [3.63, 3.8) is 0 Å². The standard InChI is InChI=1S/C20H33N5O4S/c1-14(22)18(26)25-17(12-15-8-4-3-5-9-15)20(28)24-16(10-6-7-11-21)19(27)23-13-30-29-2/h3-5,8-9,14,16-17H,6-7,10-13,21-22H2,1-2H3,(H,23,27)(H,24,28)(H,25,26)/t14-,16?,17+/m0/s1. The van der Waals surface area contributed by atoms with Crippen molar-refractivity contribution in [1.29, 1.82) is 0 Å². The molecule has 1 rings (SSSR count). The summed E-state index contributed by atoms with van der Waals surface area (Å²) in [4.78, 5) is 37.6. The number of amides is 3. The monoisotopic (exact) mass is 439 g/mol. The maximum Gasteiger partial charge on any atom is 0.243 e. The van der Waals surface area contributed by atoms with Crippen molar-refractivity contribution in [3.8, 4) is 0 Å². The quantitative estimate of drug-likeness (QED) is 0.156. The number of hydrogen-bond donors (Lipinski definition) is 5. The van der Waals surface area contributed by atoms with E-state index in [1.807, 2.05) is 30.3 Å². The average molecular weight is 440 g/mol. The fourth-order valence-electron chi connectivity index (χ4n) is 2.68. The van der Waals surface area contributed by atoms with Gasteiger partial charge < -0.3 is 31.6 Å². The van der Waals surface area contributed by atoms with E-state index in [4.69, 9.17) is 15.7 Å². The van der Waals surface area contributed by atoms with Crippen LogP contribution in [-0.2, 0) is 25.0 Å². The molecule has 0 bridgehead atoms. The van der Waals surface area contributed by atoms with Gasteiger partial charge in [-0.05, 0) is 38.3 Å². The van der Waals surface area contributed by atoms with Crippen molar-refractivity contribution in [3.05, 3.63) is 35.9 Å². The number of unbranched alkanes of at least 4 members (excludes halogenated alkanes) is 1. The lowest BCUT2D eigenvalue weighted by molar-refractivity contribution is -0.132. The van der Waals surface area contributed by atoms with Crippen LogP contribution in [0.4, 0.5) is 0 Å². The Morgan fingerprint density at radius 3 is 2.30 bits per heavy atom. The Hall–Kier alpha value is -2.14. The van der Waals surface area contributed by atoms with E-state index in [1.54, 1.807) is 6.92 Å². The molecule has 1 unspecified atom stereocenters. The molecule has 7 N–H and O–H groups in total. The molecule has 0 aliphatic carbocycles. The van der Waals surface area contributed by atoms with Crippen LogP contribution in [0.25, 0.3) is 0 Å². The van der Waals surface area contributed by atoms with Crippen molar-refractivity contribution < 1.29 is 18.6 Å². The number of carbonyl (C=O) groups excluding carboxylic acids is 3. The van der Waals surface area contributed by atoms with Crippen molar-refractivity contribution in [2.24, 2.45) is 11.5 Å². The number of hydrogen-bond acceptors (Lipinski definition) is 7. The van der Waals surface area contributed by atoms with Crippen LogP contribution in [0.1, 0.15) is 31.7 Å². The van der Waals surface area contributed by atoms with Crippen LogP contribution in [0.15, 0.2) is 30.3 Å². The smallest absolute Gasteiger partial charge is 0.243 e. The second kappa shape index (κ2) is 14.8. The second-order valence-corrected chi connectivity index (χ2v) is 7.71. The molecule has 0 fully saturated rings. The molecule has 10 heteroatoms. The molecule has 30 heavy (non-hydrogen) atoms. The Bertz CT molecular complexity index is 660. The van der Waals surface area contributed by atoms with E-state index in [0.29, 0.717) is 19.4 Å². The number of nitrogens with one attached hydrogen (secondary N) is 3. The third kappa shape index (κ3) is 10.1. The van der Waals surface area contributed by atoms with Gasteiger partial charge in [-0.15, -0.1) is 0 Å². The van der Waals surface area contributed by atoms with Crippen LogP contribution in [0.2, 0.25) is 0 Å². The fraction of sp³-hybridized carbons (Fsp3) is 0.550. The van der Waals surface area contributed by atoms with Gasteiger partial charge in [0, 0.05) is 18.5 Å². The van der Waals surface area contributed by atoms with Crippen LogP contribution in [0.3, 0.4) is 0 Å². The molecule has 0 radical (unpaired) electrons. The molecule has 0 heterocycles. The van der Waals surface area contributed by atoms with Gasteiger partial charge in [-0.1, -0.05) is 30.3 Å². The van der Waals surface area contributed by atoms with Crippen LogP contribution >= 0.6 is 12.0 Å². The zero-order valence-electron chi connectivity index (χ0n) is 17.6. The van der Waals surface area contributed by atoms with Crippen LogP contribution in [0.5, 0.6) is 0 Å². The Morgan fingerprint density at radius 2 is 1.70 bits per heavy atom. The predicted molar refractivity (Wildman–Crippen MR) is 118 cm³/mol. The van der Waals surface area contributed by atoms with Gasteiger partial charge in [-0.25, -0.2) is 0 Å². The zero-order chi connectivity index (χ0) is 22.4. The number of nitrogens with two attached hydrogens (primary N) is 2. The molecule has 0 spiro atoms. The van der Waals surface area contributed by atoms with Crippen LogP contribution < -0.4 is 27.4 Å². The summed E-state index contributed by atoms with van der Waals surface area (Å²) in [6.07, 6.45) is 2.14. The van der Waals surface area contributed by atoms with Crippen LogP contribution in [0, 0.1) is 0 Å². The van der Waals surface area contributed by atoms with Crippen molar-refractivity contribution in [2.45, 2.75) is 50.7 Å². The highest BCUT2D eigenvalue weighted by Gasteiger charge is 2.27. The molecule has 3 amide bonds. The van der Waals surface area contributed by atoms with E-state index in [0.717, 1.165) is 24.0 Å². The SMILES string of the molecule is COSCNC(=O)C(CCCCN)NC(=O)[C@@H](Cc1ccccc1)NC(=O)[C@H](C)N. The normalized spacial score (nSPS) is 13.7. The van der Waals surface area contributed by atoms with Crippen LogP contribution in [-0.4, -0.2) is 55.4 Å². The molecule has 0 aliphatic heterocycles. The second-order valence-electron chi connectivity index (χ2n) is 6.86. The molecule has 0 aliphatic rings. The van der Waals surface area contributed by atoms with Crippen molar-refractivity contribution in [2.75, 3.05) is 19.5 Å². The number of benzene rings is 1. The van der Waals surface area contributed by atoms with Gasteiger partial charge in [-0.2, -0.15) is 0 Å². The first-order valence-corrected chi connectivity index (χ1v) is 10.8. The number of carbonyl (C=O) groups is 3. The maximum atomic E-state index is 13.0.